The monoisotopic (exact) mass is 176 g/mol. The smallest absolute Gasteiger partial charge is 0.122 e. The molecule has 0 spiro atoms. The highest BCUT2D eigenvalue weighted by Gasteiger charge is 2.37. The van der Waals surface area contributed by atoms with Gasteiger partial charge in [0.25, 0.3) is 0 Å². The average molecular weight is 176 g/mol. The van der Waals surface area contributed by atoms with Crippen LogP contribution in [0.15, 0.2) is 30.3 Å². The Morgan fingerprint density at radius 2 is 2.00 bits per heavy atom. The predicted octanol–water partition coefficient (Wildman–Crippen LogP) is 1.59. The maximum absolute atomic E-state index is 10.2. The van der Waals surface area contributed by atoms with E-state index in [9.17, 15) is 4.79 Å². The molecule has 0 N–H and O–H groups in total. The molecule has 0 aromatic heterocycles. The quantitative estimate of drug-likeness (QED) is 0.515. The van der Waals surface area contributed by atoms with E-state index in [0.29, 0.717) is 6.42 Å². The molecule has 2 atom stereocenters. The van der Waals surface area contributed by atoms with Crippen molar-refractivity contribution in [1.29, 1.82) is 0 Å². The van der Waals surface area contributed by atoms with Crippen LogP contribution in [0.2, 0.25) is 0 Å². The van der Waals surface area contributed by atoms with E-state index in [4.69, 9.17) is 4.74 Å². The minimum Gasteiger partial charge on any atom is -0.369 e. The van der Waals surface area contributed by atoms with Gasteiger partial charge in [0, 0.05) is 12.8 Å². The summed E-state index contributed by atoms with van der Waals surface area (Å²) in [5, 5.41) is 0. The molecule has 1 saturated heterocycles. The highest BCUT2D eigenvalue weighted by Crippen LogP contribution is 2.27. The zero-order valence-electron chi connectivity index (χ0n) is 7.35. The van der Waals surface area contributed by atoms with Gasteiger partial charge in [0.05, 0.1) is 12.2 Å². The molecular weight excluding hydrogens is 164 g/mol. The number of epoxide rings is 1. The SMILES string of the molecule is O=CC[C@@H]1O[C@@H]1Cc1ccccc1. The fraction of sp³-hybridized carbons (Fsp3) is 0.364. The maximum Gasteiger partial charge on any atom is 0.122 e. The van der Waals surface area contributed by atoms with Crippen LogP contribution in [0.3, 0.4) is 0 Å². The number of rotatable bonds is 4. The fourth-order valence-electron chi connectivity index (χ4n) is 1.51. The Labute approximate surface area is 77.5 Å². The van der Waals surface area contributed by atoms with Crippen molar-refractivity contribution >= 4 is 6.29 Å². The zero-order valence-corrected chi connectivity index (χ0v) is 7.35. The average Bonchev–Trinajstić information content (AvgIpc) is 2.86. The van der Waals surface area contributed by atoms with Crippen LogP contribution < -0.4 is 0 Å². The van der Waals surface area contributed by atoms with Crippen LogP contribution in [0, 0.1) is 0 Å². The van der Waals surface area contributed by atoms with Gasteiger partial charge in [-0.3, -0.25) is 0 Å². The van der Waals surface area contributed by atoms with Crippen LogP contribution >= 0.6 is 0 Å². The lowest BCUT2D eigenvalue weighted by Crippen LogP contribution is -1.98. The first kappa shape index (κ1) is 8.45. The molecule has 68 valence electrons. The molecule has 0 bridgehead atoms. The van der Waals surface area contributed by atoms with Crippen molar-refractivity contribution in [2.45, 2.75) is 25.0 Å². The van der Waals surface area contributed by atoms with Gasteiger partial charge in [-0.15, -0.1) is 0 Å². The van der Waals surface area contributed by atoms with Gasteiger partial charge in [0.15, 0.2) is 0 Å². The van der Waals surface area contributed by atoms with E-state index in [1.807, 2.05) is 18.2 Å². The summed E-state index contributed by atoms with van der Waals surface area (Å²) in [5.41, 5.74) is 1.28. The first-order valence-electron chi connectivity index (χ1n) is 4.53. The van der Waals surface area contributed by atoms with Crippen molar-refractivity contribution in [2.24, 2.45) is 0 Å². The molecule has 0 radical (unpaired) electrons. The molecule has 13 heavy (non-hydrogen) atoms. The highest BCUT2D eigenvalue weighted by atomic mass is 16.6. The van der Waals surface area contributed by atoms with Gasteiger partial charge < -0.3 is 9.53 Å². The normalized spacial score (nSPS) is 25.5. The number of hydrogen-bond donors (Lipinski definition) is 0. The molecule has 1 aromatic carbocycles. The maximum atomic E-state index is 10.2. The summed E-state index contributed by atoms with van der Waals surface area (Å²) in [5.74, 6) is 0. The Hall–Kier alpha value is -1.15. The fourth-order valence-corrected chi connectivity index (χ4v) is 1.51. The lowest BCUT2D eigenvalue weighted by molar-refractivity contribution is -0.108. The number of hydrogen-bond acceptors (Lipinski definition) is 2. The summed E-state index contributed by atoms with van der Waals surface area (Å²) < 4.78 is 5.33. The second kappa shape index (κ2) is 3.71. The van der Waals surface area contributed by atoms with Crippen molar-refractivity contribution in [3.63, 3.8) is 0 Å². The number of carbonyl (C=O) groups excluding carboxylic acids is 1. The molecule has 1 aliphatic heterocycles. The molecular formula is C11H12O2. The second-order valence-corrected chi connectivity index (χ2v) is 3.31. The van der Waals surface area contributed by atoms with Crippen LogP contribution in [-0.4, -0.2) is 18.5 Å². The largest absolute Gasteiger partial charge is 0.369 e. The van der Waals surface area contributed by atoms with Crippen LogP contribution in [0.25, 0.3) is 0 Å². The standard InChI is InChI=1S/C11H12O2/c12-7-6-10-11(13-10)8-9-4-2-1-3-5-9/h1-5,7,10-11H,6,8H2/t10-,11+/m0/s1. The van der Waals surface area contributed by atoms with E-state index in [2.05, 4.69) is 12.1 Å². The Morgan fingerprint density at radius 3 is 2.69 bits per heavy atom. The molecule has 0 saturated carbocycles. The van der Waals surface area contributed by atoms with E-state index >= 15 is 0 Å². The molecule has 2 nitrogen and oxygen atoms in total. The van der Waals surface area contributed by atoms with Crippen molar-refractivity contribution in [3.8, 4) is 0 Å². The molecule has 1 heterocycles. The van der Waals surface area contributed by atoms with E-state index < -0.39 is 0 Å². The molecule has 1 aliphatic rings. The van der Waals surface area contributed by atoms with Gasteiger partial charge in [0.2, 0.25) is 0 Å². The lowest BCUT2D eigenvalue weighted by Gasteiger charge is -1.95. The molecule has 0 aliphatic carbocycles. The van der Waals surface area contributed by atoms with E-state index in [0.717, 1.165) is 12.7 Å². The number of carbonyl (C=O) groups is 1. The summed E-state index contributed by atoms with van der Waals surface area (Å²) in [7, 11) is 0. The highest BCUT2D eigenvalue weighted by molar-refractivity contribution is 5.51. The van der Waals surface area contributed by atoms with Gasteiger partial charge >= 0.3 is 0 Å². The van der Waals surface area contributed by atoms with Crippen LogP contribution in [0.5, 0.6) is 0 Å². The van der Waals surface area contributed by atoms with Crippen molar-refractivity contribution in [2.75, 3.05) is 0 Å². The first-order valence-corrected chi connectivity index (χ1v) is 4.53. The van der Waals surface area contributed by atoms with E-state index in [-0.39, 0.29) is 12.2 Å². The third-order valence-corrected chi connectivity index (χ3v) is 2.30. The van der Waals surface area contributed by atoms with Crippen LogP contribution in [0.4, 0.5) is 0 Å². The Morgan fingerprint density at radius 1 is 1.23 bits per heavy atom. The molecule has 2 heteroatoms. The van der Waals surface area contributed by atoms with E-state index in [1.165, 1.54) is 5.56 Å². The van der Waals surface area contributed by atoms with Crippen molar-refractivity contribution < 1.29 is 9.53 Å². The summed E-state index contributed by atoms with van der Waals surface area (Å²) in [6, 6.07) is 10.2. The number of aldehydes is 1. The first-order chi connectivity index (χ1) is 6.40. The summed E-state index contributed by atoms with van der Waals surface area (Å²) in [6.45, 7) is 0. The lowest BCUT2D eigenvalue weighted by atomic mass is 10.1. The Bertz CT molecular complexity index is 281. The van der Waals surface area contributed by atoms with Gasteiger partial charge in [-0.1, -0.05) is 30.3 Å². The van der Waals surface area contributed by atoms with Crippen LogP contribution in [-0.2, 0) is 16.0 Å². The summed E-state index contributed by atoms with van der Waals surface area (Å²) in [4.78, 5) is 10.2. The van der Waals surface area contributed by atoms with Gasteiger partial charge in [-0.2, -0.15) is 0 Å². The third-order valence-electron chi connectivity index (χ3n) is 2.30. The van der Waals surface area contributed by atoms with Gasteiger partial charge in [0.1, 0.15) is 6.29 Å². The minimum absolute atomic E-state index is 0.178. The topological polar surface area (TPSA) is 29.6 Å². The number of benzene rings is 1. The van der Waals surface area contributed by atoms with E-state index in [1.54, 1.807) is 0 Å². The molecule has 2 rings (SSSR count). The third kappa shape index (κ3) is 2.16. The second-order valence-electron chi connectivity index (χ2n) is 3.31. The minimum atomic E-state index is 0.178. The zero-order chi connectivity index (χ0) is 9.10. The van der Waals surface area contributed by atoms with Gasteiger partial charge in [-0.05, 0) is 5.56 Å². The van der Waals surface area contributed by atoms with Crippen molar-refractivity contribution in [1.82, 2.24) is 0 Å². The summed E-state index contributed by atoms with van der Waals surface area (Å²) >= 11 is 0. The molecule has 1 fully saturated rings. The molecule has 0 unspecified atom stereocenters. The van der Waals surface area contributed by atoms with Gasteiger partial charge in [-0.25, -0.2) is 0 Å². The number of ether oxygens (including phenoxy) is 1. The van der Waals surface area contributed by atoms with Crippen LogP contribution in [0.1, 0.15) is 12.0 Å². The van der Waals surface area contributed by atoms with Crippen molar-refractivity contribution in [3.05, 3.63) is 35.9 Å². The summed E-state index contributed by atoms with van der Waals surface area (Å²) in [6.07, 6.45) is 2.84. The molecule has 0 amide bonds. The molecule has 1 aromatic rings. The predicted molar refractivity (Wildman–Crippen MR) is 49.5 cm³/mol. The Balaban J connectivity index is 1.84. The Kier molecular flexibility index (Phi) is 2.41.